The molecule has 5 nitrogen and oxygen atoms in total. The van der Waals surface area contributed by atoms with Crippen molar-refractivity contribution in [3.8, 4) is 0 Å². The Balaban J connectivity index is 2.40. The molecule has 0 saturated carbocycles. The van der Waals surface area contributed by atoms with Crippen LogP contribution in [-0.4, -0.2) is 37.6 Å². The summed E-state index contributed by atoms with van der Waals surface area (Å²) in [5, 5.41) is 8.76. The molecular weight excluding hydrogens is 258 g/mol. The van der Waals surface area contributed by atoms with E-state index in [9.17, 15) is 4.79 Å². The van der Waals surface area contributed by atoms with Crippen molar-refractivity contribution in [2.45, 2.75) is 38.0 Å². The number of nitrogens with two attached hydrogens (primary N) is 1. The van der Waals surface area contributed by atoms with Gasteiger partial charge in [0.1, 0.15) is 6.04 Å². The lowest BCUT2D eigenvalue weighted by Crippen LogP contribution is -2.32. The van der Waals surface area contributed by atoms with Gasteiger partial charge in [0.2, 0.25) is 0 Å². The van der Waals surface area contributed by atoms with Gasteiger partial charge in [-0.1, -0.05) is 24.3 Å². The third-order valence-corrected chi connectivity index (χ3v) is 3.23. The Hall–Kier alpha value is -1.43. The minimum Gasteiger partial charge on any atom is -0.480 e. The van der Waals surface area contributed by atoms with Crippen molar-refractivity contribution in [3.05, 3.63) is 35.4 Å². The van der Waals surface area contributed by atoms with Gasteiger partial charge in [0.15, 0.2) is 6.29 Å². The van der Waals surface area contributed by atoms with Crippen LogP contribution < -0.4 is 5.73 Å². The Morgan fingerprint density at radius 1 is 1.20 bits per heavy atom. The molecule has 20 heavy (non-hydrogen) atoms. The molecule has 1 aromatic rings. The fourth-order valence-corrected chi connectivity index (χ4v) is 1.99. The van der Waals surface area contributed by atoms with E-state index in [0.29, 0.717) is 6.42 Å². The predicted octanol–water partition coefficient (Wildman–Crippen LogP) is 1.58. The molecule has 0 bridgehead atoms. The molecule has 0 radical (unpaired) electrons. The largest absolute Gasteiger partial charge is 0.480 e. The molecule has 1 aromatic carbocycles. The average molecular weight is 281 g/mol. The Kier molecular flexibility index (Phi) is 7.22. The highest BCUT2D eigenvalue weighted by Gasteiger charge is 2.11. The van der Waals surface area contributed by atoms with E-state index in [-0.39, 0.29) is 6.29 Å². The smallest absolute Gasteiger partial charge is 0.320 e. The monoisotopic (exact) mass is 281 g/mol. The zero-order chi connectivity index (χ0) is 15.0. The fraction of sp³-hybridized carbons (Fsp3) is 0.533. The van der Waals surface area contributed by atoms with Crippen molar-refractivity contribution in [3.63, 3.8) is 0 Å². The molecular formula is C15H23NO4. The van der Waals surface area contributed by atoms with Crippen LogP contribution in [0.25, 0.3) is 0 Å². The first-order valence-electron chi connectivity index (χ1n) is 6.68. The predicted molar refractivity (Wildman–Crippen MR) is 76.5 cm³/mol. The van der Waals surface area contributed by atoms with E-state index < -0.39 is 12.0 Å². The Morgan fingerprint density at radius 2 is 1.75 bits per heavy atom. The number of carboxylic acid groups (broad SMARTS) is 1. The minimum absolute atomic E-state index is 0.150. The van der Waals surface area contributed by atoms with Crippen LogP contribution in [0.2, 0.25) is 0 Å². The van der Waals surface area contributed by atoms with Gasteiger partial charge in [-0.3, -0.25) is 4.79 Å². The van der Waals surface area contributed by atoms with Gasteiger partial charge < -0.3 is 20.3 Å². The molecule has 1 atom stereocenters. The van der Waals surface area contributed by atoms with Crippen LogP contribution in [0.5, 0.6) is 0 Å². The summed E-state index contributed by atoms with van der Waals surface area (Å²) in [6, 6.07) is 7.05. The van der Waals surface area contributed by atoms with Gasteiger partial charge >= 0.3 is 5.97 Å². The van der Waals surface area contributed by atoms with Crippen LogP contribution in [0, 0.1) is 0 Å². The van der Waals surface area contributed by atoms with E-state index in [1.807, 2.05) is 24.3 Å². The summed E-state index contributed by atoms with van der Waals surface area (Å²) in [6.07, 6.45) is 2.96. The highest BCUT2D eigenvalue weighted by atomic mass is 16.7. The molecule has 3 N–H and O–H groups in total. The summed E-state index contributed by atoms with van der Waals surface area (Å²) in [4.78, 5) is 10.7. The minimum atomic E-state index is -0.973. The summed E-state index contributed by atoms with van der Waals surface area (Å²) in [6.45, 7) is 0. The number of aliphatic carboxylic acids is 1. The van der Waals surface area contributed by atoms with Gasteiger partial charge in [0.05, 0.1) is 0 Å². The number of aryl methyl sites for hydroxylation is 1. The molecule has 0 amide bonds. The Morgan fingerprint density at radius 3 is 2.25 bits per heavy atom. The lowest BCUT2D eigenvalue weighted by molar-refractivity contribution is -0.138. The van der Waals surface area contributed by atoms with E-state index in [1.54, 1.807) is 14.2 Å². The molecule has 0 fully saturated rings. The molecule has 1 unspecified atom stereocenters. The summed E-state index contributed by atoms with van der Waals surface area (Å²) < 4.78 is 10.3. The van der Waals surface area contributed by atoms with Gasteiger partial charge in [-0.2, -0.15) is 0 Å². The van der Waals surface area contributed by atoms with Crippen LogP contribution in [0.3, 0.4) is 0 Å². The topological polar surface area (TPSA) is 81.8 Å². The molecule has 0 aliphatic heterocycles. The van der Waals surface area contributed by atoms with E-state index in [4.69, 9.17) is 20.3 Å². The third-order valence-electron chi connectivity index (χ3n) is 3.23. The van der Waals surface area contributed by atoms with Crippen molar-refractivity contribution < 1.29 is 19.4 Å². The number of carbonyl (C=O) groups is 1. The number of ether oxygens (including phenoxy) is 2. The maximum absolute atomic E-state index is 10.7. The van der Waals surface area contributed by atoms with Gasteiger partial charge in [-0.25, -0.2) is 0 Å². The number of rotatable bonds is 9. The van der Waals surface area contributed by atoms with Crippen molar-refractivity contribution in [1.29, 1.82) is 0 Å². The van der Waals surface area contributed by atoms with Gasteiger partial charge in [-0.05, 0) is 36.8 Å². The molecule has 0 aliphatic carbocycles. The number of benzene rings is 1. The number of hydrogen-bond donors (Lipinski definition) is 2. The van der Waals surface area contributed by atoms with Crippen LogP contribution >= 0.6 is 0 Å². The van der Waals surface area contributed by atoms with E-state index in [2.05, 4.69) is 0 Å². The van der Waals surface area contributed by atoms with E-state index >= 15 is 0 Å². The van der Waals surface area contributed by atoms with Crippen molar-refractivity contribution in [2.24, 2.45) is 5.73 Å². The van der Waals surface area contributed by atoms with Crippen LogP contribution in [0.15, 0.2) is 24.3 Å². The van der Waals surface area contributed by atoms with Crippen molar-refractivity contribution in [1.82, 2.24) is 0 Å². The van der Waals surface area contributed by atoms with Gasteiger partial charge in [0, 0.05) is 14.2 Å². The zero-order valence-corrected chi connectivity index (χ0v) is 12.0. The first-order chi connectivity index (χ1) is 9.56. The van der Waals surface area contributed by atoms with Crippen LogP contribution in [-0.2, 0) is 27.1 Å². The fourth-order valence-electron chi connectivity index (χ4n) is 1.99. The molecule has 0 saturated heterocycles. The quantitative estimate of drug-likeness (QED) is 0.672. The normalized spacial score (nSPS) is 12.6. The van der Waals surface area contributed by atoms with Crippen molar-refractivity contribution in [2.75, 3.05) is 14.2 Å². The molecule has 0 spiro atoms. The second-order valence-electron chi connectivity index (χ2n) is 4.76. The van der Waals surface area contributed by atoms with Gasteiger partial charge in [-0.15, -0.1) is 0 Å². The molecule has 5 heteroatoms. The second kappa shape index (κ2) is 8.68. The molecule has 112 valence electrons. The Labute approximate surface area is 119 Å². The van der Waals surface area contributed by atoms with Crippen molar-refractivity contribution >= 4 is 5.97 Å². The molecule has 0 heterocycles. The zero-order valence-electron chi connectivity index (χ0n) is 12.0. The highest BCUT2D eigenvalue weighted by molar-refractivity contribution is 5.73. The molecule has 1 rings (SSSR count). The number of methoxy groups -OCH3 is 2. The summed E-state index contributed by atoms with van der Waals surface area (Å²) in [7, 11) is 3.27. The summed E-state index contributed by atoms with van der Waals surface area (Å²) >= 11 is 0. The van der Waals surface area contributed by atoms with Gasteiger partial charge in [0.25, 0.3) is 0 Å². The first-order valence-corrected chi connectivity index (χ1v) is 6.68. The van der Waals surface area contributed by atoms with E-state index in [1.165, 1.54) is 5.56 Å². The lowest BCUT2D eigenvalue weighted by Gasteiger charge is -2.13. The summed E-state index contributed by atoms with van der Waals surface area (Å²) in [5.74, 6) is -0.973. The number of hydrogen-bond acceptors (Lipinski definition) is 4. The van der Waals surface area contributed by atoms with E-state index in [0.717, 1.165) is 24.8 Å². The first kappa shape index (κ1) is 16.6. The Bertz CT molecular complexity index is 401. The number of carboxylic acids is 1. The molecule has 0 aromatic heterocycles. The lowest BCUT2D eigenvalue weighted by atomic mass is 10.0. The summed E-state index contributed by atoms with van der Waals surface area (Å²) in [5.41, 5.74) is 7.66. The standard InChI is InChI=1S/C15H23NO4/c1-19-14(20-2)5-3-4-11-6-8-12(9-7-11)10-13(16)15(17)18/h6-9,13-14H,3-5,10,16H2,1-2H3,(H,17,18). The van der Waals surface area contributed by atoms with Crippen LogP contribution in [0.1, 0.15) is 24.0 Å². The second-order valence-corrected chi connectivity index (χ2v) is 4.76. The highest BCUT2D eigenvalue weighted by Crippen LogP contribution is 2.11. The average Bonchev–Trinajstić information content (AvgIpc) is 2.45. The maximum atomic E-state index is 10.7. The third kappa shape index (κ3) is 5.69. The maximum Gasteiger partial charge on any atom is 0.320 e. The molecule has 0 aliphatic rings. The SMILES string of the molecule is COC(CCCc1ccc(CC(N)C(=O)O)cc1)OC. The van der Waals surface area contributed by atoms with Crippen LogP contribution in [0.4, 0.5) is 0 Å².